The first-order valence-electron chi connectivity index (χ1n) is 6.89. The van der Waals surface area contributed by atoms with Gasteiger partial charge in [0.05, 0.1) is 5.92 Å². The number of amides is 2. The topological polar surface area (TPSA) is 58.2 Å². The second-order valence-electron chi connectivity index (χ2n) is 5.19. The summed E-state index contributed by atoms with van der Waals surface area (Å²) in [6.07, 6.45) is 1.27. The zero-order valence-corrected chi connectivity index (χ0v) is 12.5. The maximum atomic E-state index is 12.2. The molecule has 0 saturated heterocycles. The summed E-state index contributed by atoms with van der Waals surface area (Å²) in [6, 6.07) is 7.63. The number of nitrogens with one attached hydrogen (secondary N) is 2. The van der Waals surface area contributed by atoms with E-state index in [0.29, 0.717) is 12.1 Å². The van der Waals surface area contributed by atoms with Crippen LogP contribution in [0.15, 0.2) is 35.0 Å². The molecule has 1 aliphatic heterocycles. The van der Waals surface area contributed by atoms with Crippen LogP contribution in [0.5, 0.6) is 0 Å². The minimum Gasteiger partial charge on any atom is -0.326 e. The molecule has 4 nitrogen and oxygen atoms in total. The average Bonchev–Trinajstić information content (AvgIpc) is 3.00. The Morgan fingerprint density at radius 3 is 2.95 bits per heavy atom. The van der Waals surface area contributed by atoms with E-state index >= 15 is 0 Å². The lowest BCUT2D eigenvalue weighted by Crippen LogP contribution is -2.21. The quantitative estimate of drug-likeness (QED) is 0.913. The van der Waals surface area contributed by atoms with Crippen molar-refractivity contribution in [3.63, 3.8) is 0 Å². The molecule has 3 rings (SSSR count). The second kappa shape index (κ2) is 5.69. The van der Waals surface area contributed by atoms with Crippen LogP contribution in [0.3, 0.4) is 0 Å². The molecule has 0 radical (unpaired) electrons. The van der Waals surface area contributed by atoms with Gasteiger partial charge in [0.2, 0.25) is 11.8 Å². The van der Waals surface area contributed by atoms with Gasteiger partial charge in [-0.2, -0.15) is 11.3 Å². The van der Waals surface area contributed by atoms with E-state index in [4.69, 9.17) is 0 Å². The van der Waals surface area contributed by atoms with E-state index in [1.807, 2.05) is 41.9 Å². The normalized spacial score (nSPS) is 15.0. The molecule has 108 valence electrons. The van der Waals surface area contributed by atoms with Crippen LogP contribution >= 0.6 is 11.3 Å². The number of rotatable bonds is 3. The molecule has 0 bridgehead atoms. The number of hydrogen-bond acceptors (Lipinski definition) is 3. The number of anilines is 2. The van der Waals surface area contributed by atoms with Crippen molar-refractivity contribution < 1.29 is 9.59 Å². The molecule has 21 heavy (non-hydrogen) atoms. The Balaban J connectivity index is 1.74. The Hall–Kier alpha value is -2.14. The van der Waals surface area contributed by atoms with Crippen LogP contribution in [0.1, 0.15) is 30.4 Å². The van der Waals surface area contributed by atoms with E-state index in [1.54, 1.807) is 11.3 Å². The SMILES string of the molecule is CC(C(=O)Nc1ccc2c(c1)NC(=O)CC2)c1ccsc1. The fourth-order valence-corrected chi connectivity index (χ4v) is 3.13. The smallest absolute Gasteiger partial charge is 0.231 e. The van der Waals surface area contributed by atoms with Crippen LogP contribution in [0, 0.1) is 0 Å². The first-order chi connectivity index (χ1) is 10.1. The average molecular weight is 300 g/mol. The number of aryl methyl sites for hydroxylation is 1. The van der Waals surface area contributed by atoms with E-state index in [0.717, 1.165) is 23.2 Å². The summed E-state index contributed by atoms with van der Waals surface area (Å²) < 4.78 is 0. The highest BCUT2D eigenvalue weighted by molar-refractivity contribution is 7.08. The molecule has 1 aromatic heterocycles. The summed E-state index contributed by atoms with van der Waals surface area (Å²) in [7, 11) is 0. The van der Waals surface area contributed by atoms with Gasteiger partial charge in [-0.3, -0.25) is 9.59 Å². The van der Waals surface area contributed by atoms with E-state index in [-0.39, 0.29) is 17.7 Å². The fraction of sp³-hybridized carbons (Fsp3) is 0.250. The van der Waals surface area contributed by atoms with E-state index in [1.165, 1.54) is 0 Å². The molecule has 2 heterocycles. The molecule has 2 aromatic rings. The zero-order chi connectivity index (χ0) is 14.8. The number of hydrogen-bond donors (Lipinski definition) is 2. The Morgan fingerprint density at radius 2 is 2.19 bits per heavy atom. The summed E-state index contributed by atoms with van der Waals surface area (Å²) in [5.74, 6) is -0.213. The molecular weight excluding hydrogens is 284 g/mol. The maximum absolute atomic E-state index is 12.2. The molecule has 1 unspecified atom stereocenters. The van der Waals surface area contributed by atoms with Crippen LogP contribution in [0.2, 0.25) is 0 Å². The third kappa shape index (κ3) is 2.97. The van der Waals surface area contributed by atoms with Crippen LogP contribution in [-0.4, -0.2) is 11.8 Å². The summed E-state index contributed by atoms with van der Waals surface area (Å²) in [6.45, 7) is 1.89. The lowest BCUT2D eigenvalue weighted by atomic mass is 10.0. The number of benzene rings is 1. The van der Waals surface area contributed by atoms with Gasteiger partial charge in [0.15, 0.2) is 0 Å². The fourth-order valence-electron chi connectivity index (χ4n) is 2.37. The van der Waals surface area contributed by atoms with E-state index in [9.17, 15) is 9.59 Å². The molecule has 0 saturated carbocycles. The maximum Gasteiger partial charge on any atom is 0.231 e. The molecule has 2 N–H and O–H groups in total. The van der Waals surface area contributed by atoms with E-state index in [2.05, 4.69) is 10.6 Å². The van der Waals surface area contributed by atoms with Crippen molar-refractivity contribution in [3.8, 4) is 0 Å². The zero-order valence-electron chi connectivity index (χ0n) is 11.7. The van der Waals surface area contributed by atoms with Gasteiger partial charge in [-0.05, 0) is 53.4 Å². The minimum atomic E-state index is -0.193. The summed E-state index contributed by atoms with van der Waals surface area (Å²) >= 11 is 1.58. The number of thiophene rings is 1. The first kappa shape index (κ1) is 13.8. The van der Waals surface area contributed by atoms with Crippen molar-refractivity contribution in [1.29, 1.82) is 0 Å². The van der Waals surface area contributed by atoms with E-state index < -0.39 is 0 Å². The molecule has 1 aliphatic rings. The molecule has 1 atom stereocenters. The van der Waals surface area contributed by atoms with Crippen molar-refractivity contribution in [3.05, 3.63) is 46.2 Å². The number of fused-ring (bicyclic) bond motifs is 1. The molecular formula is C16H16N2O2S. The molecule has 0 spiro atoms. The number of carbonyl (C=O) groups excluding carboxylic acids is 2. The molecule has 0 aliphatic carbocycles. The summed E-state index contributed by atoms with van der Waals surface area (Å²) in [5, 5.41) is 9.70. The summed E-state index contributed by atoms with van der Waals surface area (Å²) in [4.78, 5) is 23.7. The van der Waals surface area contributed by atoms with Crippen molar-refractivity contribution in [1.82, 2.24) is 0 Å². The van der Waals surface area contributed by atoms with Gasteiger partial charge in [0, 0.05) is 17.8 Å². The Labute approximate surface area is 127 Å². The molecule has 5 heteroatoms. The van der Waals surface area contributed by atoms with Crippen LogP contribution < -0.4 is 10.6 Å². The predicted octanol–water partition coefficient (Wildman–Crippen LogP) is 3.38. The second-order valence-corrected chi connectivity index (χ2v) is 5.97. The Kier molecular flexibility index (Phi) is 3.75. The van der Waals surface area contributed by atoms with Gasteiger partial charge in [-0.1, -0.05) is 6.07 Å². The number of carbonyl (C=O) groups is 2. The van der Waals surface area contributed by atoms with Gasteiger partial charge in [-0.15, -0.1) is 0 Å². The lowest BCUT2D eigenvalue weighted by molar-refractivity contribution is -0.117. The highest BCUT2D eigenvalue weighted by Gasteiger charge is 2.18. The van der Waals surface area contributed by atoms with Gasteiger partial charge < -0.3 is 10.6 Å². The summed E-state index contributed by atoms with van der Waals surface area (Å²) in [5.41, 5.74) is 3.64. The molecule has 0 fully saturated rings. The molecule has 2 amide bonds. The van der Waals surface area contributed by atoms with Gasteiger partial charge in [0.25, 0.3) is 0 Å². The Bertz CT molecular complexity index is 680. The van der Waals surface area contributed by atoms with Crippen molar-refractivity contribution in [2.75, 3.05) is 10.6 Å². The predicted molar refractivity (Wildman–Crippen MR) is 84.8 cm³/mol. The van der Waals surface area contributed by atoms with Crippen LogP contribution in [0.4, 0.5) is 11.4 Å². The van der Waals surface area contributed by atoms with Crippen LogP contribution in [0.25, 0.3) is 0 Å². The van der Waals surface area contributed by atoms with Gasteiger partial charge in [0.1, 0.15) is 0 Å². The molecule has 1 aromatic carbocycles. The monoisotopic (exact) mass is 300 g/mol. The largest absolute Gasteiger partial charge is 0.326 e. The standard InChI is InChI=1S/C16H16N2O2S/c1-10(12-6-7-21-9-12)16(20)17-13-4-2-11-3-5-15(19)18-14(11)8-13/h2,4,6-10H,3,5H2,1H3,(H,17,20)(H,18,19). The highest BCUT2D eigenvalue weighted by Crippen LogP contribution is 2.27. The van der Waals surface area contributed by atoms with Crippen LogP contribution in [-0.2, 0) is 16.0 Å². The minimum absolute atomic E-state index is 0.0256. The van der Waals surface area contributed by atoms with Crippen molar-refractivity contribution in [2.24, 2.45) is 0 Å². The van der Waals surface area contributed by atoms with Crippen molar-refractivity contribution >= 4 is 34.5 Å². The third-order valence-corrected chi connectivity index (χ3v) is 4.41. The first-order valence-corrected chi connectivity index (χ1v) is 7.83. The van der Waals surface area contributed by atoms with Gasteiger partial charge in [-0.25, -0.2) is 0 Å². The van der Waals surface area contributed by atoms with Gasteiger partial charge >= 0.3 is 0 Å². The third-order valence-electron chi connectivity index (χ3n) is 3.71. The van der Waals surface area contributed by atoms with Crippen molar-refractivity contribution in [2.45, 2.75) is 25.7 Å². The lowest BCUT2D eigenvalue weighted by Gasteiger charge is -2.18. The Morgan fingerprint density at radius 1 is 1.33 bits per heavy atom. The highest BCUT2D eigenvalue weighted by atomic mass is 32.1.